The van der Waals surface area contributed by atoms with E-state index in [0.29, 0.717) is 11.3 Å². The van der Waals surface area contributed by atoms with Crippen molar-refractivity contribution in [3.05, 3.63) is 58.1 Å². The number of nitrogens with zero attached hydrogens (tertiary/aromatic N) is 2. The molecule has 0 saturated heterocycles. The minimum atomic E-state index is 0.655. The highest BCUT2D eigenvalue weighted by molar-refractivity contribution is 7.71. The van der Waals surface area contributed by atoms with Crippen LogP contribution in [0.5, 0.6) is 0 Å². The molecule has 0 amide bonds. The number of aromatic nitrogens is 3. The van der Waals surface area contributed by atoms with Gasteiger partial charge in [0.15, 0.2) is 4.77 Å². The zero-order valence-corrected chi connectivity index (χ0v) is 11.0. The van der Waals surface area contributed by atoms with Crippen LogP contribution >= 0.6 is 23.8 Å². The Hall–Kier alpha value is -1.65. The molecule has 0 bridgehead atoms. The molecule has 1 N–H and O–H groups in total. The van der Waals surface area contributed by atoms with Crippen LogP contribution in [-0.2, 0) is 6.54 Å². The van der Waals surface area contributed by atoms with Gasteiger partial charge < -0.3 is 9.55 Å². The Morgan fingerprint density at radius 1 is 1.28 bits per heavy atom. The third-order valence-corrected chi connectivity index (χ3v) is 3.55. The molecule has 0 saturated carbocycles. The predicted molar refractivity (Wildman–Crippen MR) is 75.5 cm³/mol. The van der Waals surface area contributed by atoms with Gasteiger partial charge in [0, 0.05) is 11.2 Å². The number of pyridine rings is 1. The van der Waals surface area contributed by atoms with Gasteiger partial charge in [-0.2, -0.15) is 0 Å². The molecule has 5 heteroatoms. The van der Waals surface area contributed by atoms with Crippen LogP contribution in [0.15, 0.2) is 42.7 Å². The van der Waals surface area contributed by atoms with Crippen molar-refractivity contribution in [1.29, 1.82) is 0 Å². The molecule has 0 aliphatic rings. The normalized spacial score (nSPS) is 10.9. The Bertz CT molecular complexity index is 760. The summed E-state index contributed by atoms with van der Waals surface area (Å²) in [6, 6.07) is 9.73. The highest BCUT2D eigenvalue weighted by atomic mass is 35.5. The Morgan fingerprint density at radius 2 is 2.11 bits per heavy atom. The van der Waals surface area contributed by atoms with Crippen molar-refractivity contribution in [2.45, 2.75) is 6.54 Å². The average Bonchev–Trinajstić information content (AvgIpc) is 2.69. The van der Waals surface area contributed by atoms with Gasteiger partial charge in [-0.05, 0) is 29.9 Å². The number of benzene rings is 1. The second-order valence-electron chi connectivity index (χ2n) is 4.00. The first-order valence-corrected chi connectivity index (χ1v) is 6.30. The summed E-state index contributed by atoms with van der Waals surface area (Å²) in [4.78, 5) is 7.21. The quantitative estimate of drug-likeness (QED) is 0.722. The average molecular weight is 276 g/mol. The third kappa shape index (κ3) is 1.94. The lowest BCUT2D eigenvalue weighted by molar-refractivity contribution is 0.810. The van der Waals surface area contributed by atoms with E-state index in [1.807, 2.05) is 34.9 Å². The fourth-order valence-electron chi connectivity index (χ4n) is 1.96. The van der Waals surface area contributed by atoms with E-state index < -0.39 is 0 Å². The van der Waals surface area contributed by atoms with Crippen LogP contribution in [-0.4, -0.2) is 14.5 Å². The minimum absolute atomic E-state index is 0.655. The van der Waals surface area contributed by atoms with Crippen molar-refractivity contribution in [1.82, 2.24) is 14.5 Å². The van der Waals surface area contributed by atoms with Crippen molar-refractivity contribution in [2.75, 3.05) is 0 Å². The Labute approximate surface area is 114 Å². The maximum atomic E-state index is 6.17. The molecule has 2 heterocycles. The van der Waals surface area contributed by atoms with Crippen LogP contribution in [0.1, 0.15) is 5.56 Å². The first kappa shape index (κ1) is 11.4. The molecule has 18 heavy (non-hydrogen) atoms. The summed E-state index contributed by atoms with van der Waals surface area (Å²) in [5, 5.41) is 0.753. The molecule has 3 nitrogen and oxygen atoms in total. The Balaban J connectivity index is 2.13. The van der Waals surface area contributed by atoms with E-state index in [1.54, 1.807) is 12.4 Å². The van der Waals surface area contributed by atoms with Gasteiger partial charge >= 0.3 is 0 Å². The minimum Gasteiger partial charge on any atom is -0.329 e. The van der Waals surface area contributed by atoms with Gasteiger partial charge in [0.2, 0.25) is 0 Å². The van der Waals surface area contributed by atoms with E-state index in [-0.39, 0.29) is 0 Å². The molecule has 0 aliphatic heterocycles. The van der Waals surface area contributed by atoms with Crippen LogP contribution < -0.4 is 0 Å². The van der Waals surface area contributed by atoms with Crippen molar-refractivity contribution in [2.24, 2.45) is 0 Å². The van der Waals surface area contributed by atoms with E-state index in [4.69, 9.17) is 23.8 Å². The van der Waals surface area contributed by atoms with Crippen molar-refractivity contribution in [3.63, 3.8) is 0 Å². The molecule has 3 rings (SSSR count). The fraction of sp³-hybridized carbons (Fsp3) is 0.0769. The summed E-state index contributed by atoms with van der Waals surface area (Å²) in [5.41, 5.74) is 3.03. The number of imidazole rings is 1. The molecule has 0 radical (unpaired) electrons. The summed E-state index contributed by atoms with van der Waals surface area (Å²) in [6.45, 7) is 0.655. The second-order valence-corrected chi connectivity index (χ2v) is 4.79. The largest absolute Gasteiger partial charge is 0.329 e. The number of rotatable bonds is 2. The van der Waals surface area contributed by atoms with Crippen LogP contribution in [0.2, 0.25) is 5.02 Å². The number of halogens is 1. The molecular formula is C13H10ClN3S. The number of nitrogens with one attached hydrogen (secondary N) is 1. The summed E-state index contributed by atoms with van der Waals surface area (Å²) in [5.74, 6) is 0. The van der Waals surface area contributed by atoms with Gasteiger partial charge in [-0.25, -0.2) is 0 Å². The SMILES string of the molecule is S=c1[nH]c2cnccc2n1Cc1ccccc1Cl. The summed E-state index contributed by atoms with van der Waals surface area (Å²) in [6.07, 6.45) is 3.53. The second kappa shape index (κ2) is 4.55. The lowest BCUT2D eigenvalue weighted by atomic mass is 10.2. The highest BCUT2D eigenvalue weighted by Gasteiger charge is 2.06. The predicted octanol–water partition coefficient (Wildman–Crippen LogP) is 3.80. The van der Waals surface area contributed by atoms with Crippen LogP contribution in [0.4, 0.5) is 0 Å². The smallest absolute Gasteiger partial charge is 0.178 e. The number of fused-ring (bicyclic) bond motifs is 1. The molecule has 0 atom stereocenters. The molecule has 90 valence electrons. The van der Waals surface area contributed by atoms with Gasteiger partial charge in [0.1, 0.15) is 0 Å². The standard InChI is InChI=1S/C13H10ClN3S/c14-10-4-2-1-3-9(10)8-17-12-5-6-15-7-11(12)16-13(17)18/h1-7H,8H2,(H,16,18). The van der Waals surface area contributed by atoms with Crippen molar-refractivity contribution >= 4 is 34.9 Å². The molecule has 3 aromatic rings. The van der Waals surface area contributed by atoms with Gasteiger partial charge in [-0.1, -0.05) is 29.8 Å². The number of aromatic amines is 1. The van der Waals surface area contributed by atoms with Crippen LogP contribution in [0, 0.1) is 4.77 Å². The van der Waals surface area contributed by atoms with E-state index in [2.05, 4.69) is 9.97 Å². The molecule has 0 aliphatic carbocycles. The van der Waals surface area contributed by atoms with E-state index in [0.717, 1.165) is 21.6 Å². The van der Waals surface area contributed by atoms with Crippen molar-refractivity contribution < 1.29 is 0 Å². The molecule has 0 fully saturated rings. The molecule has 0 unspecified atom stereocenters. The first-order chi connectivity index (χ1) is 8.75. The molecule has 1 aromatic carbocycles. The fourth-order valence-corrected chi connectivity index (χ4v) is 2.43. The summed E-state index contributed by atoms with van der Waals surface area (Å²) >= 11 is 11.5. The molecule has 2 aromatic heterocycles. The summed E-state index contributed by atoms with van der Waals surface area (Å²) < 4.78 is 2.70. The number of H-pyrrole nitrogens is 1. The third-order valence-electron chi connectivity index (χ3n) is 2.86. The highest BCUT2D eigenvalue weighted by Crippen LogP contribution is 2.19. The van der Waals surface area contributed by atoms with Crippen molar-refractivity contribution in [3.8, 4) is 0 Å². The molecular weight excluding hydrogens is 266 g/mol. The Morgan fingerprint density at radius 3 is 2.94 bits per heavy atom. The monoisotopic (exact) mass is 275 g/mol. The zero-order chi connectivity index (χ0) is 12.5. The van der Waals surface area contributed by atoms with Gasteiger partial charge in [-0.3, -0.25) is 4.98 Å². The van der Waals surface area contributed by atoms with Gasteiger partial charge in [-0.15, -0.1) is 0 Å². The zero-order valence-electron chi connectivity index (χ0n) is 9.43. The summed E-state index contributed by atoms with van der Waals surface area (Å²) in [7, 11) is 0. The number of hydrogen-bond donors (Lipinski definition) is 1. The van der Waals surface area contributed by atoms with Gasteiger partial charge in [0.05, 0.1) is 23.8 Å². The maximum Gasteiger partial charge on any atom is 0.178 e. The van der Waals surface area contributed by atoms with Gasteiger partial charge in [0.25, 0.3) is 0 Å². The first-order valence-electron chi connectivity index (χ1n) is 5.51. The lowest BCUT2D eigenvalue weighted by Crippen LogP contribution is -2.00. The van der Waals surface area contributed by atoms with Crippen LogP contribution in [0.25, 0.3) is 11.0 Å². The topological polar surface area (TPSA) is 33.6 Å². The molecule has 0 spiro atoms. The Kier molecular flexibility index (Phi) is 2.89. The van der Waals surface area contributed by atoms with Crippen LogP contribution in [0.3, 0.4) is 0 Å². The lowest BCUT2D eigenvalue weighted by Gasteiger charge is -2.06. The number of hydrogen-bond acceptors (Lipinski definition) is 2. The van der Waals surface area contributed by atoms with E-state index >= 15 is 0 Å². The maximum absolute atomic E-state index is 6.17. The van der Waals surface area contributed by atoms with E-state index in [9.17, 15) is 0 Å². The van der Waals surface area contributed by atoms with E-state index in [1.165, 1.54) is 0 Å².